The number of benzene rings is 2. The van der Waals surface area contributed by atoms with E-state index >= 15 is 0 Å². The van der Waals surface area contributed by atoms with Crippen LogP contribution in [0.2, 0.25) is 0 Å². The number of aromatic nitrogens is 4. The summed E-state index contributed by atoms with van der Waals surface area (Å²) in [5.41, 5.74) is 0.710. The summed E-state index contributed by atoms with van der Waals surface area (Å²) in [5.74, 6) is -0.904. The van der Waals surface area contributed by atoms with E-state index in [-0.39, 0.29) is 12.8 Å². The van der Waals surface area contributed by atoms with Gasteiger partial charge in [0.25, 0.3) is 0 Å². The average Bonchev–Trinajstić information content (AvgIpc) is 3.61. The van der Waals surface area contributed by atoms with Crippen LogP contribution in [0.1, 0.15) is 46.8 Å². The molecule has 1 aliphatic rings. The van der Waals surface area contributed by atoms with Gasteiger partial charge in [-0.1, -0.05) is 46.9 Å². The van der Waals surface area contributed by atoms with Gasteiger partial charge in [0.1, 0.15) is 21.5 Å². The Hall–Kier alpha value is -4.32. The zero-order chi connectivity index (χ0) is 34.3. The van der Waals surface area contributed by atoms with E-state index in [1.165, 1.54) is 46.9 Å². The molecule has 48 heavy (non-hydrogen) atoms. The van der Waals surface area contributed by atoms with Crippen molar-refractivity contribution in [2.75, 3.05) is 10.6 Å². The Morgan fingerprint density at radius 1 is 0.667 bits per heavy atom. The van der Waals surface area contributed by atoms with Gasteiger partial charge in [-0.05, 0) is 72.9 Å². The number of hydrogen-bond acceptors (Lipinski definition) is 10. The highest BCUT2D eigenvalue weighted by molar-refractivity contribution is 7.15. The van der Waals surface area contributed by atoms with Crippen LogP contribution in [0.15, 0.2) is 48.5 Å². The van der Waals surface area contributed by atoms with E-state index in [4.69, 9.17) is 0 Å². The molecule has 2 aromatic heterocycles. The summed E-state index contributed by atoms with van der Waals surface area (Å²) in [7, 11) is 0. The van der Waals surface area contributed by atoms with Crippen molar-refractivity contribution in [1.29, 1.82) is 0 Å². The van der Waals surface area contributed by atoms with Crippen molar-refractivity contribution in [2.45, 2.75) is 64.1 Å². The first-order valence-corrected chi connectivity index (χ1v) is 16.3. The lowest BCUT2D eigenvalue weighted by Gasteiger charge is -2.27. The van der Waals surface area contributed by atoms with Crippen LogP contribution in [0.3, 0.4) is 0 Å². The maximum absolute atomic E-state index is 12.5. The number of carbonyl (C=O) groups is 2. The molecule has 1 aliphatic carbocycles. The van der Waals surface area contributed by atoms with Crippen molar-refractivity contribution >= 4 is 44.8 Å². The highest BCUT2D eigenvalue weighted by Gasteiger charge is 2.32. The highest BCUT2D eigenvalue weighted by Crippen LogP contribution is 2.35. The lowest BCUT2D eigenvalue weighted by molar-refractivity contribution is -0.275. The van der Waals surface area contributed by atoms with Gasteiger partial charge in [0.05, 0.1) is 12.8 Å². The van der Waals surface area contributed by atoms with Crippen molar-refractivity contribution in [3.63, 3.8) is 0 Å². The Kier molecular flexibility index (Phi) is 11.1. The standard InChI is InChI=1S/C30H28F6N6O4S2/c31-29(32,33)45-21-5-1-3-19(11-21)13-23(43)37-27-41-39-25(47-27)15-17-7-9-18(10-8-17)16-26-40-42-28(48-26)38-24(44)14-20-4-2-6-22(12-20)46-30(34,35)36/h1-6,11-12,17-18H,7-10,13-16H2,(H,37,41,43)(H,38,42,44). The smallest absolute Gasteiger partial charge is 0.406 e. The molecule has 2 aromatic carbocycles. The van der Waals surface area contributed by atoms with E-state index in [2.05, 4.69) is 40.5 Å². The number of carbonyl (C=O) groups excluding carboxylic acids is 2. The Labute approximate surface area is 277 Å². The van der Waals surface area contributed by atoms with E-state index in [1.807, 2.05) is 0 Å². The summed E-state index contributed by atoms with van der Waals surface area (Å²) in [4.78, 5) is 24.9. The third-order valence-electron chi connectivity index (χ3n) is 7.31. The fourth-order valence-electron chi connectivity index (χ4n) is 5.31. The summed E-state index contributed by atoms with van der Waals surface area (Å²) in [6.45, 7) is 0. The number of ether oxygens (including phenoxy) is 2. The molecule has 0 atom stereocenters. The number of anilines is 2. The van der Waals surface area contributed by atoms with Crippen LogP contribution in [0.25, 0.3) is 0 Å². The first-order valence-electron chi connectivity index (χ1n) is 14.7. The molecule has 5 rings (SSSR count). The predicted octanol–water partition coefficient (Wildman–Crippen LogP) is 7.14. The van der Waals surface area contributed by atoms with Crippen LogP contribution < -0.4 is 20.1 Å². The molecule has 2 N–H and O–H groups in total. The van der Waals surface area contributed by atoms with Gasteiger partial charge >= 0.3 is 12.7 Å². The summed E-state index contributed by atoms with van der Waals surface area (Å²) < 4.78 is 82.6. The summed E-state index contributed by atoms with van der Waals surface area (Å²) in [6.07, 6.45) is -4.71. The molecule has 0 aliphatic heterocycles. The van der Waals surface area contributed by atoms with Gasteiger partial charge < -0.3 is 20.1 Å². The van der Waals surface area contributed by atoms with Crippen molar-refractivity contribution in [1.82, 2.24) is 20.4 Å². The van der Waals surface area contributed by atoms with E-state index in [1.54, 1.807) is 0 Å². The molecule has 0 bridgehead atoms. The average molecular weight is 715 g/mol. The van der Waals surface area contributed by atoms with Crippen LogP contribution in [-0.4, -0.2) is 44.9 Å². The molecule has 10 nitrogen and oxygen atoms in total. The number of nitrogens with zero attached hydrogens (tertiary/aromatic N) is 4. The number of halogens is 6. The lowest BCUT2D eigenvalue weighted by Crippen LogP contribution is -2.18. The van der Waals surface area contributed by atoms with Crippen LogP contribution >= 0.6 is 22.7 Å². The second-order valence-electron chi connectivity index (χ2n) is 11.1. The number of nitrogens with one attached hydrogen (secondary N) is 2. The Morgan fingerprint density at radius 3 is 1.44 bits per heavy atom. The molecule has 2 heterocycles. The van der Waals surface area contributed by atoms with Crippen molar-refractivity contribution in [2.24, 2.45) is 11.8 Å². The minimum atomic E-state index is -4.82. The summed E-state index contributed by atoms with van der Waals surface area (Å²) in [6, 6.07) is 10.4. The second-order valence-corrected chi connectivity index (χ2v) is 13.3. The van der Waals surface area contributed by atoms with Crippen LogP contribution in [0.4, 0.5) is 36.6 Å². The largest absolute Gasteiger partial charge is 0.573 e. The lowest BCUT2D eigenvalue weighted by atomic mass is 9.79. The van der Waals surface area contributed by atoms with Gasteiger partial charge in [-0.3, -0.25) is 9.59 Å². The zero-order valence-electron chi connectivity index (χ0n) is 24.9. The van der Waals surface area contributed by atoms with Gasteiger partial charge in [0.2, 0.25) is 22.1 Å². The Balaban J connectivity index is 1.02. The van der Waals surface area contributed by atoms with Crippen LogP contribution in [0, 0.1) is 11.8 Å². The maximum Gasteiger partial charge on any atom is 0.573 e. The quantitative estimate of drug-likeness (QED) is 0.148. The molecular formula is C30H28F6N6O4S2. The number of rotatable bonds is 12. The topological polar surface area (TPSA) is 128 Å². The molecule has 0 radical (unpaired) electrons. The van der Waals surface area contributed by atoms with Crippen molar-refractivity contribution in [3.05, 3.63) is 69.7 Å². The molecule has 0 unspecified atom stereocenters. The number of hydrogen-bond donors (Lipinski definition) is 2. The second kappa shape index (κ2) is 15.3. The monoisotopic (exact) mass is 714 g/mol. The van der Waals surface area contributed by atoms with Gasteiger partial charge in [-0.2, -0.15) is 0 Å². The van der Waals surface area contributed by atoms with E-state index in [0.29, 0.717) is 46.1 Å². The van der Waals surface area contributed by atoms with Crippen LogP contribution in [0.5, 0.6) is 11.5 Å². The SMILES string of the molecule is O=C(Cc1cccc(OC(F)(F)F)c1)Nc1nnc(CC2CCC(Cc3nnc(NC(=O)Cc4cccc(OC(F)(F)F)c4)s3)CC2)s1. The van der Waals surface area contributed by atoms with Gasteiger partial charge in [-0.15, -0.1) is 46.7 Å². The Bertz CT molecular complexity index is 1580. The molecular weight excluding hydrogens is 686 g/mol. The molecule has 0 saturated heterocycles. The molecule has 1 saturated carbocycles. The third-order valence-corrected chi connectivity index (χ3v) is 9.03. The van der Waals surface area contributed by atoms with Gasteiger partial charge in [-0.25, -0.2) is 0 Å². The van der Waals surface area contributed by atoms with Gasteiger partial charge in [0, 0.05) is 12.8 Å². The predicted molar refractivity (Wildman–Crippen MR) is 164 cm³/mol. The maximum atomic E-state index is 12.5. The third kappa shape index (κ3) is 11.4. The zero-order valence-corrected chi connectivity index (χ0v) is 26.6. The van der Waals surface area contributed by atoms with Gasteiger partial charge in [0.15, 0.2) is 0 Å². The minimum absolute atomic E-state index is 0.158. The first kappa shape index (κ1) is 35.0. The van der Waals surface area contributed by atoms with Crippen molar-refractivity contribution < 1.29 is 45.4 Å². The fraction of sp³-hybridized carbons (Fsp3) is 0.400. The van der Waals surface area contributed by atoms with E-state index in [0.717, 1.165) is 60.0 Å². The van der Waals surface area contributed by atoms with E-state index in [9.17, 15) is 35.9 Å². The molecule has 256 valence electrons. The molecule has 1 fully saturated rings. The van der Waals surface area contributed by atoms with Crippen molar-refractivity contribution in [3.8, 4) is 11.5 Å². The summed E-state index contributed by atoms with van der Waals surface area (Å²) >= 11 is 2.52. The molecule has 18 heteroatoms. The fourth-order valence-corrected chi connectivity index (χ4v) is 7.05. The summed E-state index contributed by atoms with van der Waals surface area (Å²) in [5, 5.41) is 23.9. The van der Waals surface area contributed by atoms with Crippen LogP contribution in [-0.2, 0) is 35.3 Å². The minimum Gasteiger partial charge on any atom is -0.406 e. The normalized spacial score (nSPS) is 16.7. The highest BCUT2D eigenvalue weighted by atomic mass is 32.1. The molecule has 4 aromatic rings. The first-order chi connectivity index (χ1) is 22.7. The van der Waals surface area contributed by atoms with E-state index < -0.39 is 36.0 Å². The number of alkyl halides is 6. The number of amides is 2. The molecule has 2 amide bonds. The molecule has 0 spiro atoms. The Morgan fingerprint density at radius 2 is 1.06 bits per heavy atom.